The molecular formula is C21H21ClFN5O. The summed E-state index contributed by atoms with van der Waals surface area (Å²) in [5, 5.41) is 3.82. The Morgan fingerprint density at radius 2 is 1.90 bits per heavy atom. The summed E-state index contributed by atoms with van der Waals surface area (Å²) in [5.41, 5.74) is 1.58. The molecule has 0 saturated carbocycles. The second kappa shape index (κ2) is 8.61. The third kappa shape index (κ3) is 4.74. The van der Waals surface area contributed by atoms with Crippen LogP contribution in [-0.2, 0) is 6.54 Å². The van der Waals surface area contributed by atoms with E-state index in [1.54, 1.807) is 24.3 Å². The van der Waals surface area contributed by atoms with Gasteiger partial charge in [-0.1, -0.05) is 23.7 Å². The molecule has 0 unspecified atom stereocenters. The van der Waals surface area contributed by atoms with E-state index in [0.717, 1.165) is 30.6 Å². The first-order valence-electron chi connectivity index (χ1n) is 9.52. The first kappa shape index (κ1) is 19.4. The summed E-state index contributed by atoms with van der Waals surface area (Å²) in [5.74, 6) is 0.0727. The van der Waals surface area contributed by atoms with Crippen LogP contribution in [0.15, 0.2) is 59.7 Å². The molecule has 0 spiro atoms. The van der Waals surface area contributed by atoms with Crippen LogP contribution >= 0.6 is 11.6 Å². The Hall–Kier alpha value is -2.93. The maximum atomic E-state index is 13.2. The minimum absolute atomic E-state index is 0.237. The molecule has 150 valence electrons. The molecule has 1 aromatic heterocycles. The Morgan fingerprint density at radius 1 is 1.14 bits per heavy atom. The van der Waals surface area contributed by atoms with E-state index in [0.29, 0.717) is 24.1 Å². The minimum Gasteiger partial charge on any atom is -0.367 e. The summed E-state index contributed by atoms with van der Waals surface area (Å²) in [4.78, 5) is 22.9. The fourth-order valence-electron chi connectivity index (χ4n) is 3.57. The van der Waals surface area contributed by atoms with Crippen LogP contribution < -0.4 is 15.9 Å². The van der Waals surface area contributed by atoms with E-state index < -0.39 is 0 Å². The average molecular weight is 414 g/mol. The standard InChI is InChI=1S/C21H21ClFN5O/c22-16-5-3-15(4-6-16)13-27-14-25-20(26-21(27)29)24-12-19-2-1-11-28(19)18-9-7-17(23)8-10-18/h3-10,14,19H,1-2,11-13H2,(H,24,26,29)/t19-/m0/s1. The molecule has 0 radical (unpaired) electrons. The van der Waals surface area contributed by atoms with Crippen LogP contribution in [0.3, 0.4) is 0 Å². The number of nitrogens with one attached hydrogen (secondary N) is 1. The molecule has 0 bridgehead atoms. The highest BCUT2D eigenvalue weighted by Crippen LogP contribution is 2.25. The van der Waals surface area contributed by atoms with Gasteiger partial charge >= 0.3 is 5.69 Å². The molecule has 6 nitrogen and oxygen atoms in total. The van der Waals surface area contributed by atoms with Crippen LogP contribution in [-0.4, -0.2) is 33.7 Å². The summed E-state index contributed by atoms with van der Waals surface area (Å²) < 4.78 is 14.6. The van der Waals surface area contributed by atoms with Gasteiger partial charge in [0.15, 0.2) is 0 Å². The summed E-state index contributed by atoms with van der Waals surface area (Å²) in [6, 6.07) is 14.1. The van der Waals surface area contributed by atoms with Gasteiger partial charge in [0.05, 0.1) is 6.54 Å². The van der Waals surface area contributed by atoms with Crippen LogP contribution in [0.2, 0.25) is 5.02 Å². The Bertz CT molecular complexity index is 1020. The summed E-state index contributed by atoms with van der Waals surface area (Å²) in [6.45, 7) is 1.91. The number of hydrogen-bond acceptors (Lipinski definition) is 5. The molecule has 1 aliphatic heterocycles. The van der Waals surface area contributed by atoms with Crippen molar-refractivity contribution in [2.75, 3.05) is 23.3 Å². The Morgan fingerprint density at radius 3 is 2.62 bits per heavy atom. The van der Waals surface area contributed by atoms with Crippen molar-refractivity contribution >= 4 is 23.2 Å². The van der Waals surface area contributed by atoms with Crippen LogP contribution in [0.4, 0.5) is 16.0 Å². The van der Waals surface area contributed by atoms with Crippen molar-refractivity contribution in [2.24, 2.45) is 0 Å². The fourth-order valence-corrected chi connectivity index (χ4v) is 3.69. The first-order chi connectivity index (χ1) is 14.1. The zero-order chi connectivity index (χ0) is 20.2. The number of nitrogens with zero attached hydrogens (tertiary/aromatic N) is 4. The number of aromatic nitrogens is 3. The maximum Gasteiger partial charge on any atom is 0.352 e. The van der Waals surface area contributed by atoms with E-state index >= 15 is 0 Å². The quantitative estimate of drug-likeness (QED) is 0.669. The maximum absolute atomic E-state index is 13.2. The highest BCUT2D eigenvalue weighted by Gasteiger charge is 2.24. The van der Waals surface area contributed by atoms with Gasteiger partial charge < -0.3 is 10.2 Å². The van der Waals surface area contributed by atoms with Gasteiger partial charge in [0.2, 0.25) is 5.95 Å². The molecular weight excluding hydrogens is 393 g/mol. The van der Waals surface area contributed by atoms with Gasteiger partial charge in [0, 0.05) is 29.8 Å². The zero-order valence-corrected chi connectivity index (χ0v) is 16.5. The molecule has 0 amide bonds. The molecule has 3 aromatic rings. The lowest BCUT2D eigenvalue weighted by atomic mass is 10.2. The lowest BCUT2D eigenvalue weighted by molar-refractivity contribution is 0.626. The molecule has 1 atom stereocenters. The Balaban J connectivity index is 1.39. The Labute approximate surface area is 173 Å². The van der Waals surface area contributed by atoms with Crippen molar-refractivity contribution in [2.45, 2.75) is 25.4 Å². The van der Waals surface area contributed by atoms with E-state index in [-0.39, 0.29) is 17.5 Å². The second-order valence-corrected chi connectivity index (χ2v) is 7.50. The van der Waals surface area contributed by atoms with Crippen LogP contribution in [0.25, 0.3) is 0 Å². The van der Waals surface area contributed by atoms with Gasteiger partial charge in [-0.2, -0.15) is 4.98 Å². The van der Waals surface area contributed by atoms with Crippen molar-refractivity contribution < 1.29 is 4.39 Å². The monoisotopic (exact) mass is 413 g/mol. The normalized spacial score (nSPS) is 16.2. The van der Waals surface area contributed by atoms with Crippen LogP contribution in [0.1, 0.15) is 18.4 Å². The minimum atomic E-state index is -0.362. The topological polar surface area (TPSA) is 63.1 Å². The predicted molar refractivity (Wildman–Crippen MR) is 112 cm³/mol. The van der Waals surface area contributed by atoms with Crippen molar-refractivity contribution in [1.29, 1.82) is 0 Å². The summed E-state index contributed by atoms with van der Waals surface area (Å²) in [6.07, 6.45) is 3.57. The van der Waals surface area contributed by atoms with Gasteiger partial charge in [-0.3, -0.25) is 4.57 Å². The highest BCUT2D eigenvalue weighted by atomic mass is 35.5. The number of hydrogen-bond donors (Lipinski definition) is 1. The SMILES string of the molecule is O=c1nc(NC[C@@H]2CCCN2c2ccc(F)cc2)ncn1Cc1ccc(Cl)cc1. The van der Waals surface area contributed by atoms with Crippen molar-refractivity contribution in [3.8, 4) is 0 Å². The van der Waals surface area contributed by atoms with Gasteiger partial charge in [0.25, 0.3) is 0 Å². The zero-order valence-electron chi connectivity index (χ0n) is 15.8. The van der Waals surface area contributed by atoms with E-state index in [1.807, 2.05) is 12.1 Å². The summed E-state index contributed by atoms with van der Waals surface area (Å²) >= 11 is 5.89. The predicted octanol–water partition coefficient (Wildman–Crippen LogP) is 3.56. The average Bonchev–Trinajstić information content (AvgIpc) is 3.19. The molecule has 1 aliphatic rings. The van der Waals surface area contributed by atoms with Gasteiger partial charge in [-0.15, -0.1) is 0 Å². The number of anilines is 2. The van der Waals surface area contributed by atoms with E-state index in [1.165, 1.54) is 23.0 Å². The van der Waals surface area contributed by atoms with Gasteiger partial charge in [0.1, 0.15) is 12.1 Å². The van der Waals surface area contributed by atoms with Crippen molar-refractivity contribution in [3.05, 3.63) is 81.7 Å². The number of benzene rings is 2. The molecule has 1 N–H and O–H groups in total. The molecule has 2 aromatic carbocycles. The first-order valence-corrected chi connectivity index (χ1v) is 9.90. The van der Waals surface area contributed by atoms with Crippen LogP contribution in [0, 0.1) is 5.82 Å². The Kier molecular flexibility index (Phi) is 5.76. The lowest BCUT2D eigenvalue weighted by Crippen LogP contribution is -2.35. The molecule has 29 heavy (non-hydrogen) atoms. The molecule has 1 fully saturated rings. The van der Waals surface area contributed by atoms with Gasteiger partial charge in [-0.05, 0) is 54.8 Å². The molecule has 2 heterocycles. The molecule has 0 aliphatic carbocycles. The molecule has 8 heteroatoms. The van der Waals surface area contributed by atoms with Crippen molar-refractivity contribution in [3.63, 3.8) is 0 Å². The van der Waals surface area contributed by atoms with E-state index in [9.17, 15) is 9.18 Å². The smallest absolute Gasteiger partial charge is 0.352 e. The number of halogens is 2. The lowest BCUT2D eigenvalue weighted by Gasteiger charge is -2.27. The molecule has 1 saturated heterocycles. The third-order valence-electron chi connectivity index (χ3n) is 5.06. The third-order valence-corrected chi connectivity index (χ3v) is 5.32. The summed E-state index contributed by atoms with van der Waals surface area (Å²) in [7, 11) is 0. The largest absolute Gasteiger partial charge is 0.367 e. The molecule has 4 rings (SSSR count). The highest BCUT2D eigenvalue weighted by molar-refractivity contribution is 6.30. The number of rotatable bonds is 6. The van der Waals surface area contributed by atoms with Crippen LogP contribution in [0.5, 0.6) is 0 Å². The fraction of sp³-hybridized carbons (Fsp3) is 0.286. The van der Waals surface area contributed by atoms with Gasteiger partial charge in [-0.25, -0.2) is 14.2 Å². The van der Waals surface area contributed by atoms with E-state index in [2.05, 4.69) is 20.2 Å². The van der Waals surface area contributed by atoms with Crippen molar-refractivity contribution in [1.82, 2.24) is 14.5 Å². The van der Waals surface area contributed by atoms with E-state index in [4.69, 9.17) is 11.6 Å². The second-order valence-electron chi connectivity index (χ2n) is 7.06.